The van der Waals surface area contributed by atoms with Crippen molar-refractivity contribution in [3.63, 3.8) is 0 Å². The van der Waals surface area contributed by atoms with Crippen molar-refractivity contribution >= 4 is 5.91 Å². The molecule has 0 aliphatic carbocycles. The highest BCUT2D eigenvalue weighted by molar-refractivity contribution is 5.75. The molecule has 0 aliphatic rings. The van der Waals surface area contributed by atoms with Gasteiger partial charge in [0.05, 0.1) is 7.11 Å². The highest BCUT2D eigenvalue weighted by Gasteiger charge is 2.08. The second-order valence-electron chi connectivity index (χ2n) is 5.55. The third-order valence-corrected chi connectivity index (χ3v) is 3.79. The molecular formula is C18H19N5O3. The molecule has 0 spiro atoms. The van der Waals surface area contributed by atoms with E-state index in [0.717, 1.165) is 16.0 Å². The summed E-state index contributed by atoms with van der Waals surface area (Å²) in [7, 11) is 1.61. The van der Waals surface area contributed by atoms with Gasteiger partial charge in [0.2, 0.25) is 5.91 Å². The van der Waals surface area contributed by atoms with E-state index in [1.165, 1.54) is 10.7 Å². The SMILES string of the molecule is COc1ccccc1CCNC(=O)Cn1nc(-n2cccn2)ccc1=O. The molecule has 2 aromatic heterocycles. The first-order valence-electron chi connectivity index (χ1n) is 8.14. The molecule has 8 heteroatoms. The van der Waals surface area contributed by atoms with Gasteiger partial charge < -0.3 is 10.1 Å². The number of nitrogens with zero attached hydrogens (tertiary/aromatic N) is 4. The number of rotatable bonds is 7. The number of carbonyl (C=O) groups excluding carboxylic acids is 1. The van der Waals surface area contributed by atoms with Crippen molar-refractivity contribution in [2.75, 3.05) is 13.7 Å². The van der Waals surface area contributed by atoms with Crippen LogP contribution in [0.2, 0.25) is 0 Å². The summed E-state index contributed by atoms with van der Waals surface area (Å²) < 4.78 is 7.93. The van der Waals surface area contributed by atoms with E-state index in [0.29, 0.717) is 18.8 Å². The lowest BCUT2D eigenvalue weighted by molar-refractivity contribution is -0.121. The zero-order valence-corrected chi connectivity index (χ0v) is 14.3. The van der Waals surface area contributed by atoms with Gasteiger partial charge in [-0.25, -0.2) is 9.36 Å². The molecule has 8 nitrogen and oxygen atoms in total. The van der Waals surface area contributed by atoms with E-state index >= 15 is 0 Å². The minimum atomic E-state index is -0.346. The molecule has 0 radical (unpaired) electrons. The van der Waals surface area contributed by atoms with Gasteiger partial charge in [0, 0.05) is 25.0 Å². The number of para-hydroxylation sites is 1. The zero-order chi connectivity index (χ0) is 18.4. The van der Waals surface area contributed by atoms with Crippen LogP contribution in [0.3, 0.4) is 0 Å². The van der Waals surface area contributed by atoms with E-state index in [2.05, 4.69) is 15.5 Å². The van der Waals surface area contributed by atoms with Gasteiger partial charge in [-0.1, -0.05) is 18.2 Å². The van der Waals surface area contributed by atoms with Crippen LogP contribution in [0.5, 0.6) is 5.75 Å². The van der Waals surface area contributed by atoms with Gasteiger partial charge in [-0.05, 0) is 30.2 Å². The monoisotopic (exact) mass is 353 g/mol. The van der Waals surface area contributed by atoms with Crippen molar-refractivity contribution in [3.05, 3.63) is 70.8 Å². The minimum absolute atomic E-state index is 0.153. The van der Waals surface area contributed by atoms with Gasteiger partial charge in [-0.2, -0.15) is 5.10 Å². The molecule has 1 N–H and O–H groups in total. The molecule has 0 fully saturated rings. The lowest BCUT2D eigenvalue weighted by Gasteiger charge is -2.10. The molecule has 0 saturated heterocycles. The number of carbonyl (C=O) groups is 1. The van der Waals surface area contributed by atoms with Gasteiger partial charge in [0.15, 0.2) is 5.82 Å². The molecule has 26 heavy (non-hydrogen) atoms. The van der Waals surface area contributed by atoms with Crippen molar-refractivity contribution in [2.45, 2.75) is 13.0 Å². The minimum Gasteiger partial charge on any atom is -0.496 e. The lowest BCUT2D eigenvalue weighted by Crippen LogP contribution is -2.34. The fraction of sp³-hybridized carbons (Fsp3) is 0.222. The number of nitrogens with one attached hydrogen (secondary N) is 1. The van der Waals surface area contributed by atoms with Crippen molar-refractivity contribution in [1.29, 1.82) is 0 Å². The van der Waals surface area contributed by atoms with Gasteiger partial charge in [-0.3, -0.25) is 9.59 Å². The molecule has 0 atom stereocenters. The number of aromatic nitrogens is 4. The first kappa shape index (κ1) is 17.4. The van der Waals surface area contributed by atoms with Crippen molar-refractivity contribution in [2.24, 2.45) is 0 Å². The molecule has 1 aromatic carbocycles. The standard InChI is InChI=1S/C18H19N5O3/c1-26-15-6-3-2-5-14(15)9-11-19-17(24)13-23-18(25)8-7-16(21-23)22-12-4-10-20-22/h2-8,10,12H,9,11,13H2,1H3,(H,19,24). The van der Waals surface area contributed by atoms with Gasteiger partial charge in [-0.15, -0.1) is 5.10 Å². The van der Waals surface area contributed by atoms with Gasteiger partial charge in [0.25, 0.3) is 5.56 Å². The van der Waals surface area contributed by atoms with E-state index in [9.17, 15) is 9.59 Å². The maximum Gasteiger partial charge on any atom is 0.267 e. The van der Waals surface area contributed by atoms with Crippen LogP contribution in [0.25, 0.3) is 5.82 Å². The van der Waals surface area contributed by atoms with Crippen molar-refractivity contribution in [3.8, 4) is 11.6 Å². The molecule has 0 bridgehead atoms. The van der Waals surface area contributed by atoms with Crippen LogP contribution in [0, 0.1) is 0 Å². The molecule has 0 saturated carbocycles. The lowest BCUT2D eigenvalue weighted by atomic mass is 10.1. The topological polar surface area (TPSA) is 91.0 Å². The summed E-state index contributed by atoms with van der Waals surface area (Å²) >= 11 is 0. The Kier molecular flexibility index (Phi) is 5.43. The Labute approximate surface area is 150 Å². The third-order valence-electron chi connectivity index (χ3n) is 3.79. The molecule has 0 aliphatic heterocycles. The number of amides is 1. The Morgan fingerprint density at radius 2 is 2.04 bits per heavy atom. The zero-order valence-electron chi connectivity index (χ0n) is 14.3. The third kappa shape index (κ3) is 4.15. The number of ether oxygens (including phenoxy) is 1. The molecular weight excluding hydrogens is 334 g/mol. The number of benzene rings is 1. The Morgan fingerprint density at radius 3 is 2.81 bits per heavy atom. The highest BCUT2D eigenvalue weighted by atomic mass is 16.5. The summed E-state index contributed by atoms with van der Waals surface area (Å²) in [5, 5.41) is 11.0. The summed E-state index contributed by atoms with van der Waals surface area (Å²) in [4.78, 5) is 24.1. The second kappa shape index (κ2) is 8.11. The van der Waals surface area contributed by atoms with E-state index in [4.69, 9.17) is 4.74 Å². The predicted molar refractivity (Wildman–Crippen MR) is 95.3 cm³/mol. The molecule has 3 aromatic rings. The summed E-state index contributed by atoms with van der Waals surface area (Å²) in [6.45, 7) is 0.284. The van der Waals surface area contributed by atoms with Crippen LogP contribution in [0.1, 0.15) is 5.56 Å². The van der Waals surface area contributed by atoms with E-state index in [-0.39, 0.29) is 18.0 Å². The quantitative estimate of drug-likeness (QED) is 0.678. The first-order valence-corrected chi connectivity index (χ1v) is 8.14. The van der Waals surface area contributed by atoms with Gasteiger partial charge >= 0.3 is 0 Å². The second-order valence-corrected chi connectivity index (χ2v) is 5.55. The predicted octanol–water partition coefficient (Wildman–Crippen LogP) is 0.796. The van der Waals surface area contributed by atoms with Crippen LogP contribution < -0.4 is 15.6 Å². The molecule has 2 heterocycles. The number of hydrogen-bond acceptors (Lipinski definition) is 5. The largest absolute Gasteiger partial charge is 0.496 e. The van der Waals surface area contributed by atoms with Crippen LogP contribution in [-0.4, -0.2) is 39.1 Å². The maximum atomic E-state index is 12.1. The van der Waals surface area contributed by atoms with Crippen LogP contribution in [0.15, 0.2) is 59.7 Å². The first-order chi connectivity index (χ1) is 12.7. The van der Waals surface area contributed by atoms with E-state index < -0.39 is 0 Å². The normalized spacial score (nSPS) is 10.5. The Balaban J connectivity index is 1.60. The maximum absolute atomic E-state index is 12.1. The number of methoxy groups -OCH3 is 1. The van der Waals surface area contributed by atoms with Crippen LogP contribution in [-0.2, 0) is 17.8 Å². The Morgan fingerprint density at radius 1 is 1.19 bits per heavy atom. The summed E-state index contributed by atoms with van der Waals surface area (Å²) in [5.41, 5.74) is 0.659. The van der Waals surface area contributed by atoms with Crippen molar-refractivity contribution in [1.82, 2.24) is 24.9 Å². The summed E-state index contributed by atoms with van der Waals surface area (Å²) in [6, 6.07) is 12.3. The number of hydrogen-bond donors (Lipinski definition) is 1. The average molecular weight is 353 g/mol. The summed E-state index contributed by atoms with van der Waals surface area (Å²) in [6.07, 6.45) is 3.96. The van der Waals surface area contributed by atoms with E-state index in [1.807, 2.05) is 24.3 Å². The van der Waals surface area contributed by atoms with E-state index in [1.54, 1.807) is 31.6 Å². The van der Waals surface area contributed by atoms with Crippen LogP contribution >= 0.6 is 0 Å². The van der Waals surface area contributed by atoms with Crippen LogP contribution in [0.4, 0.5) is 0 Å². The fourth-order valence-corrected chi connectivity index (χ4v) is 2.52. The van der Waals surface area contributed by atoms with Gasteiger partial charge in [0.1, 0.15) is 12.3 Å². The molecule has 1 amide bonds. The molecule has 134 valence electrons. The smallest absolute Gasteiger partial charge is 0.267 e. The Hall–Kier alpha value is -3.42. The van der Waals surface area contributed by atoms with Crippen molar-refractivity contribution < 1.29 is 9.53 Å². The average Bonchev–Trinajstić information content (AvgIpc) is 3.18. The fourth-order valence-electron chi connectivity index (χ4n) is 2.52. The highest BCUT2D eigenvalue weighted by Crippen LogP contribution is 2.17. The Bertz CT molecular complexity index is 934. The summed E-state index contributed by atoms with van der Waals surface area (Å²) in [5.74, 6) is 0.968. The molecule has 3 rings (SSSR count). The molecule has 0 unspecified atom stereocenters.